The van der Waals surface area contributed by atoms with Crippen LogP contribution in [0.5, 0.6) is 0 Å². The van der Waals surface area contributed by atoms with E-state index in [1.54, 1.807) is 4.68 Å². The molecule has 2 nitrogen and oxygen atoms in total. The summed E-state index contributed by atoms with van der Waals surface area (Å²) in [5, 5.41) is 4.46. The molecule has 0 saturated heterocycles. The van der Waals surface area contributed by atoms with Gasteiger partial charge in [0.2, 0.25) is 0 Å². The average molecular weight is 294 g/mol. The van der Waals surface area contributed by atoms with Gasteiger partial charge in [-0.15, -0.1) is 0 Å². The van der Waals surface area contributed by atoms with Gasteiger partial charge in [0.15, 0.2) is 5.82 Å². The molecule has 22 heavy (non-hydrogen) atoms. The van der Waals surface area contributed by atoms with Crippen LogP contribution in [0.2, 0.25) is 0 Å². The van der Waals surface area contributed by atoms with Gasteiger partial charge in [-0.25, -0.2) is 4.39 Å². The van der Waals surface area contributed by atoms with Crippen molar-refractivity contribution < 1.29 is 4.39 Å². The first kappa shape index (κ1) is 14.5. The fourth-order valence-electron chi connectivity index (χ4n) is 2.65. The standard InChI is InChI=1S/C19H19FN2/c1-2-22-18(14-16-11-7-4-8-12-16)19(20)17(21-22)13-15-9-5-3-6-10-15/h3-12H,2,13-14H2,1H3. The number of aryl methyl sites for hydroxylation is 1. The number of aromatic nitrogens is 2. The summed E-state index contributed by atoms with van der Waals surface area (Å²) in [5.41, 5.74) is 3.37. The Labute approximate surface area is 130 Å². The van der Waals surface area contributed by atoms with Crippen LogP contribution < -0.4 is 0 Å². The van der Waals surface area contributed by atoms with Gasteiger partial charge in [-0.2, -0.15) is 5.10 Å². The Balaban J connectivity index is 1.90. The summed E-state index contributed by atoms with van der Waals surface area (Å²) in [6.45, 7) is 2.67. The molecule has 0 fully saturated rings. The molecule has 0 aliphatic heterocycles. The van der Waals surface area contributed by atoms with E-state index >= 15 is 0 Å². The fraction of sp³-hybridized carbons (Fsp3) is 0.211. The van der Waals surface area contributed by atoms with Crippen molar-refractivity contribution in [1.82, 2.24) is 9.78 Å². The maximum Gasteiger partial charge on any atom is 0.168 e. The largest absolute Gasteiger partial charge is 0.266 e. The lowest BCUT2D eigenvalue weighted by Crippen LogP contribution is -2.04. The van der Waals surface area contributed by atoms with Gasteiger partial charge in [0.1, 0.15) is 5.69 Å². The molecule has 0 bridgehead atoms. The zero-order chi connectivity index (χ0) is 15.4. The second kappa shape index (κ2) is 6.56. The summed E-state index contributed by atoms with van der Waals surface area (Å²) in [7, 11) is 0. The lowest BCUT2D eigenvalue weighted by atomic mass is 10.1. The van der Waals surface area contributed by atoms with Crippen LogP contribution in [-0.2, 0) is 19.4 Å². The van der Waals surface area contributed by atoms with Crippen LogP contribution in [-0.4, -0.2) is 9.78 Å². The molecule has 2 aromatic carbocycles. The smallest absolute Gasteiger partial charge is 0.168 e. The summed E-state index contributed by atoms with van der Waals surface area (Å²) in [5.74, 6) is -0.172. The Hall–Kier alpha value is -2.42. The third kappa shape index (κ3) is 3.08. The van der Waals surface area contributed by atoms with E-state index in [0.717, 1.165) is 11.1 Å². The van der Waals surface area contributed by atoms with E-state index in [-0.39, 0.29) is 5.82 Å². The van der Waals surface area contributed by atoms with E-state index in [4.69, 9.17) is 0 Å². The number of hydrogen-bond acceptors (Lipinski definition) is 1. The summed E-state index contributed by atoms with van der Waals surface area (Å²) < 4.78 is 16.5. The monoisotopic (exact) mass is 294 g/mol. The molecule has 0 atom stereocenters. The van der Waals surface area contributed by atoms with E-state index in [1.807, 2.05) is 67.6 Å². The van der Waals surface area contributed by atoms with E-state index < -0.39 is 0 Å². The second-order valence-electron chi connectivity index (χ2n) is 5.35. The third-order valence-corrected chi connectivity index (χ3v) is 3.79. The molecule has 0 unspecified atom stereocenters. The minimum Gasteiger partial charge on any atom is -0.266 e. The van der Waals surface area contributed by atoms with Gasteiger partial charge in [0.25, 0.3) is 0 Å². The van der Waals surface area contributed by atoms with Crippen LogP contribution in [0.15, 0.2) is 60.7 Å². The third-order valence-electron chi connectivity index (χ3n) is 3.79. The molecule has 1 heterocycles. The van der Waals surface area contributed by atoms with Gasteiger partial charge in [-0.1, -0.05) is 60.7 Å². The van der Waals surface area contributed by atoms with Crippen LogP contribution in [0.3, 0.4) is 0 Å². The van der Waals surface area contributed by atoms with Gasteiger partial charge < -0.3 is 0 Å². The lowest BCUT2D eigenvalue weighted by molar-refractivity contribution is 0.581. The molecule has 1 aromatic heterocycles. The molecule has 3 heteroatoms. The molecule has 3 rings (SSSR count). The van der Waals surface area contributed by atoms with Crippen molar-refractivity contribution >= 4 is 0 Å². The first-order valence-electron chi connectivity index (χ1n) is 7.60. The topological polar surface area (TPSA) is 17.8 Å². The number of hydrogen-bond donors (Lipinski definition) is 0. The van der Waals surface area contributed by atoms with E-state index in [2.05, 4.69) is 5.10 Å². The van der Waals surface area contributed by atoms with Crippen LogP contribution in [0, 0.1) is 5.82 Å². The fourth-order valence-corrected chi connectivity index (χ4v) is 2.65. The first-order valence-corrected chi connectivity index (χ1v) is 7.60. The van der Waals surface area contributed by atoms with E-state index in [9.17, 15) is 4.39 Å². The van der Waals surface area contributed by atoms with Gasteiger partial charge in [0.05, 0.1) is 5.69 Å². The first-order chi connectivity index (χ1) is 10.8. The van der Waals surface area contributed by atoms with Gasteiger partial charge in [-0.3, -0.25) is 4.68 Å². The van der Waals surface area contributed by atoms with Gasteiger partial charge >= 0.3 is 0 Å². The molecule has 0 saturated carbocycles. The lowest BCUT2D eigenvalue weighted by Gasteiger charge is -2.04. The summed E-state index contributed by atoms with van der Waals surface area (Å²) in [4.78, 5) is 0. The maximum atomic E-state index is 14.8. The number of benzene rings is 2. The molecule has 0 amide bonds. The Morgan fingerprint density at radius 2 is 1.41 bits per heavy atom. The quantitative estimate of drug-likeness (QED) is 0.689. The number of nitrogens with zero attached hydrogens (tertiary/aromatic N) is 2. The molecule has 112 valence electrons. The molecule has 0 radical (unpaired) electrons. The number of halogens is 1. The summed E-state index contributed by atoms with van der Waals surface area (Å²) in [6.07, 6.45) is 1.10. The second-order valence-corrected chi connectivity index (χ2v) is 5.35. The van der Waals surface area contributed by atoms with Crippen molar-refractivity contribution in [2.45, 2.75) is 26.3 Å². The molecule has 0 aliphatic rings. The van der Waals surface area contributed by atoms with Crippen molar-refractivity contribution in [2.75, 3.05) is 0 Å². The Bertz CT molecular complexity index is 733. The highest BCUT2D eigenvalue weighted by Crippen LogP contribution is 2.19. The molecule has 0 aliphatic carbocycles. The molecular formula is C19H19FN2. The van der Waals surface area contributed by atoms with Crippen molar-refractivity contribution in [3.63, 3.8) is 0 Å². The highest BCUT2D eigenvalue weighted by atomic mass is 19.1. The maximum absolute atomic E-state index is 14.8. The Morgan fingerprint density at radius 1 is 0.864 bits per heavy atom. The molecule has 3 aromatic rings. The molecule has 0 spiro atoms. The number of rotatable bonds is 5. The normalized spacial score (nSPS) is 10.8. The summed E-state index contributed by atoms with van der Waals surface area (Å²) in [6, 6.07) is 19.9. The SMILES string of the molecule is CCn1nc(Cc2ccccc2)c(F)c1Cc1ccccc1. The van der Waals surface area contributed by atoms with Crippen LogP contribution in [0.4, 0.5) is 4.39 Å². The van der Waals surface area contributed by atoms with Crippen molar-refractivity contribution in [2.24, 2.45) is 0 Å². The average Bonchev–Trinajstić information content (AvgIpc) is 2.86. The van der Waals surface area contributed by atoms with Gasteiger partial charge in [-0.05, 0) is 18.1 Å². The Kier molecular flexibility index (Phi) is 4.33. The highest BCUT2D eigenvalue weighted by Gasteiger charge is 2.17. The minimum atomic E-state index is -0.172. The van der Waals surface area contributed by atoms with E-state index in [0.29, 0.717) is 30.8 Å². The predicted octanol–water partition coefficient (Wildman–Crippen LogP) is 4.22. The van der Waals surface area contributed by atoms with Crippen LogP contribution in [0.1, 0.15) is 29.4 Å². The van der Waals surface area contributed by atoms with E-state index in [1.165, 1.54) is 0 Å². The highest BCUT2D eigenvalue weighted by molar-refractivity contribution is 5.28. The van der Waals surface area contributed by atoms with Crippen LogP contribution >= 0.6 is 0 Å². The molecular weight excluding hydrogens is 275 g/mol. The zero-order valence-electron chi connectivity index (χ0n) is 12.7. The molecule has 0 N–H and O–H groups in total. The zero-order valence-corrected chi connectivity index (χ0v) is 12.7. The van der Waals surface area contributed by atoms with Crippen LogP contribution in [0.25, 0.3) is 0 Å². The minimum absolute atomic E-state index is 0.172. The van der Waals surface area contributed by atoms with Gasteiger partial charge in [0, 0.05) is 19.4 Å². The Morgan fingerprint density at radius 3 is 1.95 bits per heavy atom. The predicted molar refractivity (Wildman–Crippen MR) is 86.4 cm³/mol. The van der Waals surface area contributed by atoms with Crippen molar-refractivity contribution in [1.29, 1.82) is 0 Å². The van der Waals surface area contributed by atoms with Crippen molar-refractivity contribution in [3.8, 4) is 0 Å². The van der Waals surface area contributed by atoms with Crippen molar-refractivity contribution in [3.05, 3.63) is 89.0 Å². The summed E-state index contributed by atoms with van der Waals surface area (Å²) >= 11 is 0.